The summed E-state index contributed by atoms with van der Waals surface area (Å²) in [6.07, 6.45) is -3.48. The van der Waals surface area contributed by atoms with Crippen molar-refractivity contribution >= 4 is 11.8 Å². The van der Waals surface area contributed by atoms with Crippen LogP contribution < -0.4 is 15.4 Å². The molecule has 8 heteroatoms. The highest BCUT2D eigenvalue weighted by Crippen LogP contribution is 2.22. The van der Waals surface area contributed by atoms with Crippen LogP contribution in [0.3, 0.4) is 0 Å². The normalized spacial score (nSPS) is 18.8. The van der Waals surface area contributed by atoms with Crippen LogP contribution in [0.15, 0.2) is 24.3 Å². The molecule has 0 spiro atoms. The first kappa shape index (κ1) is 15.1. The second-order valence-corrected chi connectivity index (χ2v) is 4.53. The highest BCUT2D eigenvalue weighted by molar-refractivity contribution is 5.97. The van der Waals surface area contributed by atoms with E-state index in [-0.39, 0.29) is 11.5 Å². The first-order chi connectivity index (χ1) is 9.85. The lowest BCUT2D eigenvalue weighted by Crippen LogP contribution is -2.50. The van der Waals surface area contributed by atoms with Crippen LogP contribution in [-0.2, 0) is 4.79 Å². The molecule has 5 nitrogen and oxygen atoms in total. The third-order valence-corrected chi connectivity index (χ3v) is 2.94. The number of benzene rings is 1. The molecule has 1 aromatic carbocycles. The lowest BCUT2D eigenvalue weighted by molar-refractivity contribution is -0.274. The van der Waals surface area contributed by atoms with Crippen molar-refractivity contribution in [3.05, 3.63) is 29.8 Å². The molecule has 2 N–H and O–H groups in total. The lowest BCUT2D eigenvalue weighted by Gasteiger charge is -2.22. The fourth-order valence-corrected chi connectivity index (χ4v) is 1.96. The minimum atomic E-state index is -4.77. The van der Waals surface area contributed by atoms with Gasteiger partial charge in [-0.05, 0) is 37.1 Å². The van der Waals surface area contributed by atoms with Crippen LogP contribution in [0.5, 0.6) is 5.75 Å². The first-order valence-corrected chi connectivity index (χ1v) is 6.29. The van der Waals surface area contributed by atoms with Gasteiger partial charge in [0.05, 0.1) is 0 Å². The number of halogens is 3. The van der Waals surface area contributed by atoms with Crippen LogP contribution in [0.2, 0.25) is 0 Å². The number of carbonyl (C=O) groups excluding carboxylic acids is 2. The van der Waals surface area contributed by atoms with Gasteiger partial charge in [0.15, 0.2) is 0 Å². The van der Waals surface area contributed by atoms with Crippen molar-refractivity contribution in [2.24, 2.45) is 0 Å². The van der Waals surface area contributed by atoms with E-state index in [0.29, 0.717) is 13.0 Å². The van der Waals surface area contributed by atoms with Crippen LogP contribution in [0, 0.1) is 0 Å². The highest BCUT2D eigenvalue weighted by Gasteiger charge is 2.31. The van der Waals surface area contributed by atoms with Crippen LogP contribution in [-0.4, -0.2) is 30.8 Å². The van der Waals surface area contributed by atoms with Gasteiger partial charge in [-0.15, -0.1) is 13.2 Å². The zero-order chi connectivity index (χ0) is 15.5. The fourth-order valence-electron chi connectivity index (χ4n) is 1.96. The van der Waals surface area contributed by atoms with Crippen molar-refractivity contribution in [1.29, 1.82) is 0 Å². The van der Waals surface area contributed by atoms with Gasteiger partial charge in [0.25, 0.3) is 5.91 Å². The van der Waals surface area contributed by atoms with Crippen molar-refractivity contribution in [3.8, 4) is 5.75 Å². The van der Waals surface area contributed by atoms with E-state index in [4.69, 9.17) is 0 Å². The molecule has 1 saturated heterocycles. The average molecular weight is 302 g/mol. The van der Waals surface area contributed by atoms with Crippen LogP contribution in [0.4, 0.5) is 13.2 Å². The maximum absolute atomic E-state index is 12.0. The van der Waals surface area contributed by atoms with Crippen molar-refractivity contribution in [2.75, 3.05) is 6.54 Å². The molecule has 0 aliphatic carbocycles. The zero-order valence-corrected chi connectivity index (χ0v) is 10.9. The van der Waals surface area contributed by atoms with Gasteiger partial charge in [-0.1, -0.05) is 0 Å². The van der Waals surface area contributed by atoms with E-state index in [2.05, 4.69) is 15.4 Å². The minimum absolute atomic E-state index is 0.155. The molecule has 1 heterocycles. The third kappa shape index (κ3) is 4.37. The van der Waals surface area contributed by atoms with E-state index in [1.54, 1.807) is 0 Å². The molecule has 0 saturated carbocycles. The summed E-state index contributed by atoms with van der Waals surface area (Å²) in [6.45, 7) is 0.578. The molecule has 1 aliphatic heterocycles. The van der Waals surface area contributed by atoms with Gasteiger partial charge in [0.2, 0.25) is 5.91 Å². The van der Waals surface area contributed by atoms with E-state index in [9.17, 15) is 22.8 Å². The SMILES string of the molecule is O=C(N[C@H]1CCCNC1=O)c1ccc(OC(F)(F)F)cc1. The van der Waals surface area contributed by atoms with Gasteiger partial charge < -0.3 is 15.4 Å². The van der Waals surface area contributed by atoms with Gasteiger partial charge in [-0.2, -0.15) is 0 Å². The number of rotatable bonds is 3. The molecule has 21 heavy (non-hydrogen) atoms. The Labute approximate surface area is 118 Å². The van der Waals surface area contributed by atoms with Crippen LogP contribution in [0.1, 0.15) is 23.2 Å². The van der Waals surface area contributed by atoms with Gasteiger partial charge in [0, 0.05) is 12.1 Å². The predicted molar refractivity (Wildman–Crippen MR) is 66.6 cm³/mol. The van der Waals surface area contributed by atoms with E-state index >= 15 is 0 Å². The molecule has 1 atom stereocenters. The maximum Gasteiger partial charge on any atom is 0.573 e. The van der Waals surface area contributed by atoms with Gasteiger partial charge in [0.1, 0.15) is 11.8 Å². The van der Waals surface area contributed by atoms with Gasteiger partial charge in [-0.25, -0.2) is 0 Å². The lowest BCUT2D eigenvalue weighted by atomic mass is 10.1. The Hall–Kier alpha value is -2.25. The second kappa shape index (κ2) is 6.02. The zero-order valence-electron chi connectivity index (χ0n) is 10.9. The summed E-state index contributed by atoms with van der Waals surface area (Å²) in [7, 11) is 0. The van der Waals surface area contributed by atoms with Crippen LogP contribution in [0.25, 0.3) is 0 Å². The summed E-state index contributed by atoms with van der Waals surface area (Å²) >= 11 is 0. The molecule has 2 rings (SSSR count). The molecule has 114 valence electrons. The Morgan fingerprint density at radius 3 is 2.52 bits per heavy atom. The summed E-state index contributed by atoms with van der Waals surface area (Å²) < 4.78 is 39.7. The van der Waals surface area contributed by atoms with E-state index in [0.717, 1.165) is 18.6 Å². The van der Waals surface area contributed by atoms with Crippen molar-refractivity contribution in [2.45, 2.75) is 25.2 Å². The van der Waals surface area contributed by atoms with E-state index in [1.165, 1.54) is 12.1 Å². The van der Waals surface area contributed by atoms with Crippen molar-refractivity contribution < 1.29 is 27.5 Å². The second-order valence-electron chi connectivity index (χ2n) is 4.53. The number of ether oxygens (including phenoxy) is 1. The summed E-state index contributed by atoms with van der Waals surface area (Å²) in [6, 6.07) is 3.89. The number of alkyl halides is 3. The Morgan fingerprint density at radius 2 is 1.95 bits per heavy atom. The predicted octanol–water partition coefficient (Wildman–Crippen LogP) is 1.59. The topological polar surface area (TPSA) is 67.4 Å². The first-order valence-electron chi connectivity index (χ1n) is 6.29. The molecular weight excluding hydrogens is 289 g/mol. The molecule has 1 aromatic rings. The number of piperidine rings is 1. The highest BCUT2D eigenvalue weighted by atomic mass is 19.4. The number of carbonyl (C=O) groups is 2. The number of hydrogen-bond acceptors (Lipinski definition) is 3. The number of amides is 2. The molecule has 0 bridgehead atoms. The standard InChI is InChI=1S/C13H13F3N2O3/c14-13(15,16)21-9-5-3-8(4-6-9)11(19)18-10-2-1-7-17-12(10)20/h3-6,10H,1-2,7H2,(H,17,20)(H,18,19)/t10-/m0/s1. The smallest absolute Gasteiger partial charge is 0.406 e. The number of nitrogens with one attached hydrogen (secondary N) is 2. The Morgan fingerprint density at radius 1 is 1.29 bits per heavy atom. The Balaban J connectivity index is 1.98. The molecule has 1 aliphatic rings. The molecule has 0 radical (unpaired) electrons. The molecular formula is C13H13F3N2O3. The van der Waals surface area contributed by atoms with E-state index in [1.807, 2.05) is 0 Å². The maximum atomic E-state index is 12.0. The average Bonchev–Trinajstić information content (AvgIpc) is 2.40. The van der Waals surface area contributed by atoms with Gasteiger partial charge >= 0.3 is 6.36 Å². The van der Waals surface area contributed by atoms with Crippen LogP contribution >= 0.6 is 0 Å². The molecule has 0 unspecified atom stereocenters. The molecule has 2 amide bonds. The largest absolute Gasteiger partial charge is 0.573 e. The Bertz CT molecular complexity index is 528. The minimum Gasteiger partial charge on any atom is -0.406 e. The van der Waals surface area contributed by atoms with E-state index < -0.39 is 24.1 Å². The third-order valence-electron chi connectivity index (χ3n) is 2.94. The summed E-state index contributed by atoms with van der Waals surface area (Å²) in [4.78, 5) is 23.4. The summed E-state index contributed by atoms with van der Waals surface area (Å²) in [5, 5.41) is 5.16. The van der Waals surface area contributed by atoms with Crippen molar-refractivity contribution in [3.63, 3.8) is 0 Å². The van der Waals surface area contributed by atoms with Gasteiger partial charge in [-0.3, -0.25) is 9.59 Å². The summed E-state index contributed by atoms with van der Waals surface area (Å²) in [5.74, 6) is -1.18. The summed E-state index contributed by atoms with van der Waals surface area (Å²) in [5.41, 5.74) is 0.155. The fraction of sp³-hybridized carbons (Fsp3) is 0.385. The monoisotopic (exact) mass is 302 g/mol. The Kier molecular flexibility index (Phi) is 4.35. The molecule has 0 aromatic heterocycles. The number of hydrogen-bond donors (Lipinski definition) is 2. The quantitative estimate of drug-likeness (QED) is 0.891. The van der Waals surface area contributed by atoms with Crippen molar-refractivity contribution in [1.82, 2.24) is 10.6 Å². The molecule has 1 fully saturated rings.